The zero-order valence-electron chi connectivity index (χ0n) is 12.8. The van der Waals surface area contributed by atoms with Gasteiger partial charge in [0.25, 0.3) is 0 Å². The standard InChI is InChI=1S/C17H26N2O2/c1-2-8-17(14-18-16(20)21)9-11-19(12-10-17)13-15-6-4-3-5-7-15/h3-7,18H,2,8-14H2,1H3,(H,20,21). The Bertz CT molecular complexity index is 439. The average molecular weight is 290 g/mol. The summed E-state index contributed by atoms with van der Waals surface area (Å²) >= 11 is 0. The highest BCUT2D eigenvalue weighted by Gasteiger charge is 2.34. The Morgan fingerprint density at radius 2 is 1.95 bits per heavy atom. The lowest BCUT2D eigenvalue weighted by Gasteiger charge is -2.42. The van der Waals surface area contributed by atoms with E-state index in [0.29, 0.717) is 6.54 Å². The van der Waals surface area contributed by atoms with Crippen LogP contribution in [-0.4, -0.2) is 35.7 Å². The van der Waals surface area contributed by atoms with Crippen molar-refractivity contribution in [2.24, 2.45) is 5.41 Å². The minimum Gasteiger partial charge on any atom is -0.465 e. The Morgan fingerprint density at radius 1 is 1.29 bits per heavy atom. The zero-order valence-corrected chi connectivity index (χ0v) is 12.8. The molecule has 0 spiro atoms. The van der Waals surface area contributed by atoms with Crippen LogP contribution < -0.4 is 5.32 Å². The minimum atomic E-state index is -0.905. The van der Waals surface area contributed by atoms with Crippen LogP contribution in [-0.2, 0) is 6.54 Å². The second kappa shape index (κ2) is 7.46. The number of nitrogens with zero attached hydrogens (tertiary/aromatic N) is 1. The Morgan fingerprint density at radius 3 is 2.52 bits per heavy atom. The van der Waals surface area contributed by atoms with Crippen LogP contribution in [0.2, 0.25) is 0 Å². The fraction of sp³-hybridized carbons (Fsp3) is 0.588. The highest BCUT2D eigenvalue weighted by molar-refractivity contribution is 5.64. The van der Waals surface area contributed by atoms with Gasteiger partial charge in [-0.3, -0.25) is 4.90 Å². The first-order valence-electron chi connectivity index (χ1n) is 7.87. The van der Waals surface area contributed by atoms with Gasteiger partial charge in [0.05, 0.1) is 0 Å². The second-order valence-corrected chi connectivity index (χ2v) is 6.17. The van der Waals surface area contributed by atoms with E-state index in [9.17, 15) is 4.79 Å². The lowest BCUT2D eigenvalue weighted by Crippen LogP contribution is -2.45. The van der Waals surface area contributed by atoms with Crippen LogP contribution in [0.15, 0.2) is 30.3 Å². The minimum absolute atomic E-state index is 0.153. The maximum Gasteiger partial charge on any atom is 0.404 e. The van der Waals surface area contributed by atoms with Crippen molar-refractivity contribution in [3.63, 3.8) is 0 Å². The summed E-state index contributed by atoms with van der Waals surface area (Å²) in [5.74, 6) is 0. The number of carbonyl (C=O) groups is 1. The zero-order chi connectivity index (χ0) is 15.1. The quantitative estimate of drug-likeness (QED) is 0.845. The van der Waals surface area contributed by atoms with E-state index in [1.54, 1.807) is 0 Å². The van der Waals surface area contributed by atoms with Gasteiger partial charge in [0.15, 0.2) is 0 Å². The fourth-order valence-electron chi connectivity index (χ4n) is 3.34. The molecule has 0 aliphatic carbocycles. The number of hydrogen-bond acceptors (Lipinski definition) is 2. The van der Waals surface area contributed by atoms with E-state index < -0.39 is 6.09 Å². The van der Waals surface area contributed by atoms with Gasteiger partial charge >= 0.3 is 6.09 Å². The lowest BCUT2D eigenvalue weighted by atomic mass is 9.74. The third kappa shape index (κ3) is 4.74. The number of piperidine rings is 1. The molecule has 2 N–H and O–H groups in total. The largest absolute Gasteiger partial charge is 0.465 e. The van der Waals surface area contributed by atoms with Gasteiger partial charge in [0.2, 0.25) is 0 Å². The summed E-state index contributed by atoms with van der Waals surface area (Å²) in [6.45, 7) is 5.87. The molecular weight excluding hydrogens is 264 g/mol. The third-order valence-electron chi connectivity index (χ3n) is 4.56. The smallest absolute Gasteiger partial charge is 0.404 e. The number of rotatable bonds is 6. The van der Waals surface area contributed by atoms with Crippen LogP contribution in [0, 0.1) is 5.41 Å². The van der Waals surface area contributed by atoms with Crippen LogP contribution in [0.25, 0.3) is 0 Å². The summed E-state index contributed by atoms with van der Waals surface area (Å²) < 4.78 is 0. The van der Waals surface area contributed by atoms with E-state index in [1.807, 2.05) is 6.07 Å². The third-order valence-corrected chi connectivity index (χ3v) is 4.56. The normalized spacial score (nSPS) is 18.3. The molecule has 0 bridgehead atoms. The van der Waals surface area contributed by atoms with Crippen molar-refractivity contribution >= 4 is 6.09 Å². The summed E-state index contributed by atoms with van der Waals surface area (Å²) in [5, 5.41) is 11.5. The molecule has 1 aliphatic rings. The second-order valence-electron chi connectivity index (χ2n) is 6.17. The molecule has 1 amide bonds. The molecular formula is C17H26N2O2. The summed E-state index contributed by atoms with van der Waals surface area (Å²) in [6, 6.07) is 10.5. The lowest BCUT2D eigenvalue weighted by molar-refractivity contribution is 0.0872. The highest BCUT2D eigenvalue weighted by atomic mass is 16.4. The SMILES string of the molecule is CCCC1(CNC(=O)O)CCN(Cc2ccccc2)CC1. The number of carboxylic acid groups (broad SMARTS) is 1. The summed E-state index contributed by atoms with van der Waals surface area (Å²) in [5.41, 5.74) is 1.50. The first-order valence-corrected chi connectivity index (χ1v) is 7.87. The van der Waals surface area contributed by atoms with Gasteiger partial charge in [-0.05, 0) is 43.3 Å². The molecule has 1 aromatic rings. The van der Waals surface area contributed by atoms with Crippen molar-refractivity contribution in [1.82, 2.24) is 10.2 Å². The van der Waals surface area contributed by atoms with Crippen LogP contribution in [0.5, 0.6) is 0 Å². The Labute approximate surface area is 127 Å². The van der Waals surface area contributed by atoms with E-state index in [1.165, 1.54) is 5.56 Å². The van der Waals surface area contributed by atoms with Crippen LogP contribution >= 0.6 is 0 Å². The maximum atomic E-state index is 10.8. The van der Waals surface area contributed by atoms with Gasteiger partial charge in [0, 0.05) is 13.1 Å². The maximum absolute atomic E-state index is 10.8. The molecule has 1 saturated heterocycles. The molecule has 1 fully saturated rings. The number of nitrogens with one attached hydrogen (secondary N) is 1. The Balaban J connectivity index is 1.88. The number of benzene rings is 1. The van der Waals surface area contributed by atoms with Gasteiger partial charge in [-0.2, -0.15) is 0 Å². The Kier molecular flexibility index (Phi) is 5.62. The van der Waals surface area contributed by atoms with Crippen LogP contribution in [0.3, 0.4) is 0 Å². The molecule has 4 nitrogen and oxygen atoms in total. The van der Waals surface area contributed by atoms with Crippen molar-refractivity contribution in [3.05, 3.63) is 35.9 Å². The number of likely N-dealkylation sites (tertiary alicyclic amines) is 1. The van der Waals surface area contributed by atoms with E-state index in [-0.39, 0.29) is 5.41 Å². The average Bonchev–Trinajstić information content (AvgIpc) is 2.49. The van der Waals surface area contributed by atoms with Gasteiger partial charge in [-0.25, -0.2) is 4.79 Å². The van der Waals surface area contributed by atoms with Crippen molar-refractivity contribution in [1.29, 1.82) is 0 Å². The van der Waals surface area contributed by atoms with Crippen molar-refractivity contribution in [3.8, 4) is 0 Å². The molecule has 0 radical (unpaired) electrons. The van der Waals surface area contributed by atoms with E-state index in [0.717, 1.165) is 45.3 Å². The van der Waals surface area contributed by atoms with Gasteiger partial charge in [0.1, 0.15) is 0 Å². The molecule has 116 valence electrons. The first kappa shape index (κ1) is 15.8. The van der Waals surface area contributed by atoms with E-state index in [4.69, 9.17) is 5.11 Å². The molecule has 0 unspecified atom stereocenters. The number of amides is 1. The summed E-state index contributed by atoms with van der Waals surface area (Å²) in [6.07, 6.45) is 3.46. The van der Waals surface area contributed by atoms with Crippen LogP contribution in [0.4, 0.5) is 4.79 Å². The van der Waals surface area contributed by atoms with Gasteiger partial charge in [-0.1, -0.05) is 43.7 Å². The van der Waals surface area contributed by atoms with E-state index >= 15 is 0 Å². The van der Waals surface area contributed by atoms with E-state index in [2.05, 4.69) is 41.4 Å². The highest BCUT2D eigenvalue weighted by Crippen LogP contribution is 2.36. The summed E-state index contributed by atoms with van der Waals surface area (Å²) in [4.78, 5) is 13.2. The molecule has 0 atom stereocenters. The monoisotopic (exact) mass is 290 g/mol. The van der Waals surface area contributed by atoms with Gasteiger partial charge < -0.3 is 10.4 Å². The molecule has 1 heterocycles. The molecule has 0 saturated carbocycles. The fourth-order valence-corrected chi connectivity index (χ4v) is 3.34. The molecule has 2 rings (SSSR count). The predicted molar refractivity (Wildman–Crippen MR) is 84.3 cm³/mol. The molecule has 21 heavy (non-hydrogen) atoms. The molecule has 1 aromatic carbocycles. The van der Waals surface area contributed by atoms with Crippen molar-refractivity contribution < 1.29 is 9.90 Å². The van der Waals surface area contributed by atoms with Crippen molar-refractivity contribution in [2.75, 3.05) is 19.6 Å². The first-order chi connectivity index (χ1) is 10.1. The van der Waals surface area contributed by atoms with Crippen LogP contribution in [0.1, 0.15) is 38.2 Å². The molecule has 4 heteroatoms. The van der Waals surface area contributed by atoms with Gasteiger partial charge in [-0.15, -0.1) is 0 Å². The van der Waals surface area contributed by atoms with Crippen molar-refractivity contribution in [2.45, 2.75) is 39.2 Å². The Hall–Kier alpha value is -1.55. The topological polar surface area (TPSA) is 52.6 Å². The molecule has 1 aliphatic heterocycles. The molecule has 0 aromatic heterocycles. The number of hydrogen-bond donors (Lipinski definition) is 2. The summed E-state index contributed by atoms with van der Waals surface area (Å²) in [7, 11) is 0. The predicted octanol–water partition coefficient (Wildman–Crippen LogP) is 3.34.